The van der Waals surface area contributed by atoms with E-state index in [-0.39, 0.29) is 18.1 Å². The van der Waals surface area contributed by atoms with Gasteiger partial charge in [0.05, 0.1) is 19.2 Å². The maximum absolute atomic E-state index is 13.1. The van der Waals surface area contributed by atoms with E-state index >= 15 is 0 Å². The molecule has 1 aliphatic heterocycles. The van der Waals surface area contributed by atoms with Crippen molar-refractivity contribution in [1.29, 1.82) is 0 Å². The van der Waals surface area contributed by atoms with E-state index in [0.29, 0.717) is 37.9 Å². The Hall–Kier alpha value is -2.25. The van der Waals surface area contributed by atoms with E-state index in [4.69, 9.17) is 9.15 Å². The summed E-state index contributed by atoms with van der Waals surface area (Å²) in [4.78, 5) is 16.9. The molecule has 7 heteroatoms. The first-order valence-electron chi connectivity index (χ1n) is 8.45. The Kier molecular flexibility index (Phi) is 5.45. The van der Waals surface area contributed by atoms with Crippen molar-refractivity contribution in [3.8, 4) is 0 Å². The molecule has 1 aromatic carbocycles. The second-order valence-electron chi connectivity index (χ2n) is 6.47. The van der Waals surface area contributed by atoms with Crippen LogP contribution in [0.1, 0.15) is 23.4 Å². The van der Waals surface area contributed by atoms with Crippen LogP contribution in [0, 0.1) is 6.92 Å². The van der Waals surface area contributed by atoms with Gasteiger partial charge in [0.2, 0.25) is 17.7 Å². The van der Waals surface area contributed by atoms with Gasteiger partial charge in [-0.1, -0.05) is 30.3 Å². The fraction of sp³-hybridized carbons (Fsp3) is 0.500. The van der Waals surface area contributed by atoms with Crippen LogP contribution in [0.25, 0.3) is 0 Å². The van der Waals surface area contributed by atoms with Crippen LogP contribution in [0.2, 0.25) is 0 Å². The van der Waals surface area contributed by atoms with Gasteiger partial charge in [-0.2, -0.15) is 0 Å². The summed E-state index contributed by atoms with van der Waals surface area (Å²) in [7, 11) is 3.87. The number of amides is 1. The molecule has 7 nitrogen and oxygen atoms in total. The Labute approximate surface area is 147 Å². The second-order valence-corrected chi connectivity index (χ2v) is 6.47. The molecule has 1 amide bonds. The maximum Gasteiger partial charge on any atom is 0.246 e. The standard InChI is InChI=1S/C18H24N4O3/c1-13-19-20-17(25-13)16-12-22(9-10-24-16)18(23)15(21(2)3)11-14-7-5-4-6-8-14/h4-8,15-16H,9-12H2,1-3H3/t15-,16-/m0/s1. The lowest BCUT2D eigenvalue weighted by molar-refractivity contribution is -0.144. The summed E-state index contributed by atoms with van der Waals surface area (Å²) in [5.74, 6) is 1.02. The number of rotatable bonds is 5. The number of nitrogens with zero attached hydrogens (tertiary/aromatic N) is 4. The summed E-state index contributed by atoms with van der Waals surface area (Å²) >= 11 is 0. The summed E-state index contributed by atoms with van der Waals surface area (Å²) in [5, 5.41) is 7.86. The van der Waals surface area contributed by atoms with Crippen LogP contribution in [0.3, 0.4) is 0 Å². The van der Waals surface area contributed by atoms with Gasteiger partial charge in [-0.25, -0.2) is 0 Å². The summed E-state index contributed by atoms with van der Waals surface area (Å²) in [6.45, 7) is 3.20. The zero-order chi connectivity index (χ0) is 17.8. The molecular weight excluding hydrogens is 320 g/mol. The lowest BCUT2D eigenvalue weighted by atomic mass is 10.0. The highest BCUT2D eigenvalue weighted by atomic mass is 16.5. The highest BCUT2D eigenvalue weighted by molar-refractivity contribution is 5.82. The first-order chi connectivity index (χ1) is 12.0. The predicted molar refractivity (Wildman–Crippen MR) is 91.9 cm³/mol. The Balaban J connectivity index is 1.70. The minimum absolute atomic E-state index is 0.0957. The molecular formula is C18H24N4O3. The fourth-order valence-electron chi connectivity index (χ4n) is 2.98. The lowest BCUT2D eigenvalue weighted by Gasteiger charge is -2.35. The molecule has 1 fully saturated rings. The molecule has 25 heavy (non-hydrogen) atoms. The van der Waals surface area contributed by atoms with Crippen molar-refractivity contribution in [3.63, 3.8) is 0 Å². The van der Waals surface area contributed by atoms with E-state index in [1.807, 2.05) is 54.2 Å². The molecule has 0 spiro atoms. The molecule has 0 radical (unpaired) electrons. The molecule has 1 saturated heterocycles. The average molecular weight is 344 g/mol. The van der Waals surface area contributed by atoms with E-state index in [1.165, 1.54) is 0 Å². The van der Waals surface area contributed by atoms with Gasteiger partial charge in [0.25, 0.3) is 0 Å². The van der Waals surface area contributed by atoms with Crippen molar-refractivity contribution in [2.75, 3.05) is 33.8 Å². The third kappa shape index (κ3) is 4.24. The number of benzene rings is 1. The number of morpholine rings is 1. The highest BCUT2D eigenvalue weighted by Gasteiger charge is 2.33. The van der Waals surface area contributed by atoms with Crippen molar-refractivity contribution < 1.29 is 13.9 Å². The number of ether oxygens (including phenoxy) is 1. The number of carbonyl (C=O) groups excluding carboxylic acids is 1. The van der Waals surface area contributed by atoms with Crippen molar-refractivity contribution in [1.82, 2.24) is 20.0 Å². The smallest absolute Gasteiger partial charge is 0.246 e. The van der Waals surface area contributed by atoms with Crippen LogP contribution in [0.4, 0.5) is 0 Å². The highest BCUT2D eigenvalue weighted by Crippen LogP contribution is 2.22. The molecule has 0 unspecified atom stereocenters. The van der Waals surface area contributed by atoms with Gasteiger partial charge in [-0.3, -0.25) is 9.69 Å². The Morgan fingerprint density at radius 3 is 2.72 bits per heavy atom. The number of hydrogen-bond donors (Lipinski definition) is 0. The van der Waals surface area contributed by atoms with E-state index < -0.39 is 0 Å². The molecule has 1 aromatic heterocycles. The van der Waals surface area contributed by atoms with Crippen LogP contribution in [-0.2, 0) is 16.0 Å². The summed E-state index contributed by atoms with van der Waals surface area (Å²) in [6.07, 6.45) is 0.312. The SMILES string of the molecule is Cc1nnc([C@@H]2CN(C(=O)[C@H](Cc3ccccc3)N(C)C)CCO2)o1. The fourth-order valence-corrected chi connectivity index (χ4v) is 2.98. The van der Waals surface area contributed by atoms with Crippen LogP contribution < -0.4 is 0 Å². The number of aromatic nitrogens is 2. The van der Waals surface area contributed by atoms with E-state index in [9.17, 15) is 4.79 Å². The van der Waals surface area contributed by atoms with Gasteiger partial charge in [-0.05, 0) is 26.1 Å². The van der Waals surface area contributed by atoms with Gasteiger partial charge >= 0.3 is 0 Å². The van der Waals surface area contributed by atoms with Gasteiger partial charge in [0.1, 0.15) is 0 Å². The quantitative estimate of drug-likeness (QED) is 0.818. The van der Waals surface area contributed by atoms with Crippen molar-refractivity contribution in [2.45, 2.75) is 25.5 Å². The molecule has 1 aliphatic rings. The second kappa shape index (κ2) is 7.76. The Morgan fingerprint density at radius 2 is 2.08 bits per heavy atom. The van der Waals surface area contributed by atoms with Gasteiger partial charge in [-0.15, -0.1) is 10.2 Å². The van der Waals surface area contributed by atoms with Crippen LogP contribution in [-0.4, -0.2) is 65.7 Å². The first-order valence-corrected chi connectivity index (χ1v) is 8.45. The number of likely N-dealkylation sites (N-methyl/N-ethyl adjacent to an activating group) is 1. The van der Waals surface area contributed by atoms with E-state index in [0.717, 1.165) is 5.56 Å². The molecule has 2 heterocycles. The van der Waals surface area contributed by atoms with E-state index in [2.05, 4.69) is 10.2 Å². The van der Waals surface area contributed by atoms with Gasteiger partial charge < -0.3 is 14.1 Å². The largest absolute Gasteiger partial charge is 0.423 e. The van der Waals surface area contributed by atoms with Crippen LogP contribution in [0.5, 0.6) is 0 Å². The normalized spacial score (nSPS) is 19.2. The van der Waals surface area contributed by atoms with Crippen molar-refractivity contribution >= 4 is 5.91 Å². The predicted octanol–water partition coefficient (Wildman–Crippen LogP) is 1.45. The zero-order valence-electron chi connectivity index (χ0n) is 14.9. The monoisotopic (exact) mass is 344 g/mol. The Morgan fingerprint density at radius 1 is 1.32 bits per heavy atom. The number of hydrogen-bond acceptors (Lipinski definition) is 6. The molecule has 2 aromatic rings. The van der Waals surface area contributed by atoms with Crippen LogP contribution in [0.15, 0.2) is 34.7 Å². The summed E-state index contributed by atoms with van der Waals surface area (Å²) < 4.78 is 11.2. The molecule has 0 aliphatic carbocycles. The first kappa shape index (κ1) is 17.6. The topological polar surface area (TPSA) is 71.7 Å². The molecule has 2 atom stereocenters. The molecule has 0 saturated carbocycles. The lowest BCUT2D eigenvalue weighted by Crippen LogP contribution is -2.51. The van der Waals surface area contributed by atoms with Crippen LogP contribution >= 0.6 is 0 Å². The van der Waals surface area contributed by atoms with E-state index in [1.54, 1.807) is 6.92 Å². The minimum Gasteiger partial charge on any atom is -0.423 e. The average Bonchev–Trinajstić information content (AvgIpc) is 3.06. The third-order valence-electron chi connectivity index (χ3n) is 4.38. The van der Waals surface area contributed by atoms with Gasteiger partial charge in [0.15, 0.2) is 6.10 Å². The maximum atomic E-state index is 13.1. The molecule has 0 N–H and O–H groups in total. The zero-order valence-corrected chi connectivity index (χ0v) is 14.9. The van der Waals surface area contributed by atoms with Crippen molar-refractivity contribution in [2.24, 2.45) is 0 Å². The molecule has 134 valence electrons. The number of aryl methyl sites for hydroxylation is 1. The minimum atomic E-state index is -0.363. The Bertz CT molecular complexity index is 701. The van der Waals surface area contributed by atoms with Crippen molar-refractivity contribution in [3.05, 3.63) is 47.7 Å². The summed E-state index contributed by atoms with van der Waals surface area (Å²) in [6, 6.07) is 9.85. The van der Waals surface area contributed by atoms with Gasteiger partial charge in [0, 0.05) is 13.5 Å². The number of carbonyl (C=O) groups is 1. The molecule has 0 bridgehead atoms. The molecule has 3 rings (SSSR count). The third-order valence-corrected chi connectivity index (χ3v) is 4.38. The summed E-state index contributed by atoms with van der Waals surface area (Å²) in [5.41, 5.74) is 1.15.